The molecule has 8 aromatic carbocycles. The van der Waals surface area contributed by atoms with E-state index in [1.165, 1.54) is 67.3 Å². The van der Waals surface area contributed by atoms with Gasteiger partial charge < -0.3 is 0 Å². The van der Waals surface area contributed by atoms with Gasteiger partial charge in [0.15, 0.2) is 0 Å². The van der Waals surface area contributed by atoms with Crippen molar-refractivity contribution in [2.24, 2.45) is 0 Å². The molecule has 4 heterocycles. The van der Waals surface area contributed by atoms with Crippen molar-refractivity contribution < 1.29 is 0 Å². The first-order valence-electron chi connectivity index (χ1n) is 17.2. The van der Waals surface area contributed by atoms with Crippen LogP contribution < -0.4 is 0 Å². The quantitative estimate of drug-likeness (QED) is 0.170. The van der Waals surface area contributed by atoms with Crippen molar-refractivity contribution in [3.63, 3.8) is 0 Å². The molecule has 0 aliphatic carbocycles. The van der Waals surface area contributed by atoms with Gasteiger partial charge in [0.1, 0.15) is 0 Å². The summed E-state index contributed by atoms with van der Waals surface area (Å²) in [6.45, 7) is 0. The molecule has 0 unspecified atom stereocenters. The molecule has 0 radical (unpaired) electrons. The van der Waals surface area contributed by atoms with Crippen LogP contribution in [0.15, 0.2) is 152 Å². The van der Waals surface area contributed by atoms with Crippen molar-refractivity contribution in [2.75, 3.05) is 0 Å². The zero-order valence-corrected chi connectivity index (χ0v) is 28.7. The maximum atomic E-state index is 5.41. The summed E-state index contributed by atoms with van der Waals surface area (Å²) >= 11 is 3.78. The van der Waals surface area contributed by atoms with E-state index in [2.05, 4.69) is 156 Å². The number of hydrogen-bond donors (Lipinski definition) is 0. The van der Waals surface area contributed by atoms with Gasteiger partial charge in [-0.2, -0.15) is 0 Å². The number of para-hydroxylation sites is 1. The maximum Gasteiger partial charge on any atom is 0.235 e. The van der Waals surface area contributed by atoms with Gasteiger partial charge in [-0.25, -0.2) is 9.97 Å². The fraction of sp³-hybridized carbons (Fsp3) is 0. The van der Waals surface area contributed by atoms with Crippen molar-refractivity contribution >= 4 is 117 Å². The Hall–Kier alpha value is -6.14. The van der Waals surface area contributed by atoms with E-state index in [9.17, 15) is 0 Å². The summed E-state index contributed by atoms with van der Waals surface area (Å²) < 4.78 is 7.56. The molecule has 0 spiro atoms. The highest BCUT2D eigenvalue weighted by Gasteiger charge is 2.22. The lowest BCUT2D eigenvalue weighted by molar-refractivity contribution is 1.02. The molecular weight excluding hydrogens is 659 g/mol. The first-order chi connectivity index (χ1) is 25.3. The standard InChI is InChI=1S/C46H25N3S2/c1-2-11-28(12-3-1)43-33-21-18-26-10-4-5-13-29(26)44(33)48-46(47-43)49-34-16-8-6-14-30(34)40-35(49)23-22-32-42-38(51-45(32)40)25-20-27-19-24-37-41(39(27)42)31-15-7-9-17-36(31)50-37/h1-25H. The topological polar surface area (TPSA) is 30.7 Å². The highest BCUT2D eigenvalue weighted by Crippen LogP contribution is 2.48. The van der Waals surface area contributed by atoms with Crippen molar-refractivity contribution in [3.05, 3.63) is 152 Å². The number of nitrogens with zero attached hydrogens (tertiary/aromatic N) is 3. The molecule has 0 N–H and O–H groups in total. The van der Waals surface area contributed by atoms with Crippen LogP contribution in [0.2, 0.25) is 0 Å². The number of aromatic nitrogens is 3. The van der Waals surface area contributed by atoms with E-state index >= 15 is 0 Å². The number of fused-ring (bicyclic) bond motifs is 16. The fourth-order valence-corrected chi connectivity index (χ4v) is 10.8. The number of hydrogen-bond acceptors (Lipinski definition) is 4. The second-order valence-electron chi connectivity index (χ2n) is 13.3. The normalized spacial score (nSPS) is 12.3. The molecule has 236 valence electrons. The molecule has 0 saturated heterocycles. The van der Waals surface area contributed by atoms with Crippen molar-refractivity contribution in [2.45, 2.75) is 0 Å². The molecule has 51 heavy (non-hydrogen) atoms. The molecule has 0 aliphatic heterocycles. The van der Waals surface area contributed by atoms with Gasteiger partial charge in [-0.15, -0.1) is 22.7 Å². The van der Waals surface area contributed by atoms with Crippen LogP contribution in [0.4, 0.5) is 0 Å². The molecular formula is C46H25N3S2. The summed E-state index contributed by atoms with van der Waals surface area (Å²) in [5, 5.41) is 13.8. The first kappa shape index (κ1) is 27.7. The Morgan fingerprint density at radius 3 is 1.96 bits per heavy atom. The van der Waals surface area contributed by atoms with Crippen molar-refractivity contribution in [1.82, 2.24) is 14.5 Å². The lowest BCUT2D eigenvalue weighted by atomic mass is 9.98. The van der Waals surface area contributed by atoms with Gasteiger partial charge in [0, 0.05) is 72.8 Å². The Morgan fingerprint density at radius 1 is 0.392 bits per heavy atom. The Labute approximate surface area is 299 Å². The molecule has 4 aromatic heterocycles. The Kier molecular flexibility index (Phi) is 5.53. The van der Waals surface area contributed by atoms with Gasteiger partial charge in [-0.3, -0.25) is 4.57 Å². The summed E-state index contributed by atoms with van der Waals surface area (Å²) in [5.41, 5.74) is 5.20. The van der Waals surface area contributed by atoms with E-state index in [0.717, 1.165) is 38.6 Å². The third-order valence-electron chi connectivity index (χ3n) is 10.6. The lowest BCUT2D eigenvalue weighted by Gasteiger charge is -2.13. The van der Waals surface area contributed by atoms with Gasteiger partial charge in [0.25, 0.3) is 0 Å². The summed E-state index contributed by atoms with van der Waals surface area (Å²) in [6.07, 6.45) is 0. The second kappa shape index (κ2) is 10.2. The Morgan fingerprint density at radius 2 is 1.08 bits per heavy atom. The minimum atomic E-state index is 0.682. The molecule has 0 saturated carbocycles. The van der Waals surface area contributed by atoms with E-state index in [4.69, 9.17) is 9.97 Å². The smallest absolute Gasteiger partial charge is 0.235 e. The third-order valence-corrected chi connectivity index (χ3v) is 12.9. The summed E-state index contributed by atoms with van der Waals surface area (Å²) in [6, 6.07) is 54.8. The van der Waals surface area contributed by atoms with Crippen LogP contribution in [0.1, 0.15) is 0 Å². The first-order valence-corrected chi connectivity index (χ1v) is 18.8. The van der Waals surface area contributed by atoms with E-state index < -0.39 is 0 Å². The molecule has 3 nitrogen and oxygen atoms in total. The van der Waals surface area contributed by atoms with Crippen molar-refractivity contribution in [3.8, 4) is 17.2 Å². The maximum absolute atomic E-state index is 5.41. The van der Waals surface area contributed by atoms with Gasteiger partial charge in [-0.05, 0) is 47.2 Å². The Balaban J connectivity index is 1.23. The lowest BCUT2D eigenvalue weighted by Crippen LogP contribution is -2.03. The minimum Gasteiger partial charge on any atom is -0.278 e. The SMILES string of the molecule is c1ccc(-c2nc(-n3c4ccccc4c4c5sc6ccc7ccc8sc9ccccc9c8c7c6c5ccc43)nc3c2ccc2ccccc23)cc1. The minimum absolute atomic E-state index is 0.682. The van der Waals surface area contributed by atoms with E-state index in [-0.39, 0.29) is 0 Å². The number of thiophene rings is 2. The molecule has 5 heteroatoms. The van der Waals surface area contributed by atoms with Crippen LogP contribution in [-0.4, -0.2) is 14.5 Å². The average molecular weight is 684 g/mol. The van der Waals surface area contributed by atoms with Crippen LogP contribution in [0, 0.1) is 0 Å². The summed E-state index contributed by atoms with van der Waals surface area (Å²) in [7, 11) is 0. The predicted octanol–water partition coefficient (Wildman–Crippen LogP) is 13.4. The van der Waals surface area contributed by atoms with Crippen LogP contribution in [-0.2, 0) is 0 Å². The zero-order valence-electron chi connectivity index (χ0n) is 27.1. The highest BCUT2D eigenvalue weighted by atomic mass is 32.1. The van der Waals surface area contributed by atoms with E-state index in [1.54, 1.807) is 0 Å². The molecule has 0 amide bonds. The third kappa shape index (κ3) is 3.77. The second-order valence-corrected chi connectivity index (χ2v) is 15.4. The predicted molar refractivity (Wildman–Crippen MR) is 220 cm³/mol. The molecule has 12 aromatic rings. The van der Waals surface area contributed by atoms with Crippen LogP contribution >= 0.6 is 22.7 Å². The van der Waals surface area contributed by atoms with Crippen LogP contribution in [0.3, 0.4) is 0 Å². The van der Waals surface area contributed by atoms with Gasteiger partial charge in [0.2, 0.25) is 5.95 Å². The average Bonchev–Trinajstić information content (AvgIpc) is 3.87. The highest BCUT2D eigenvalue weighted by molar-refractivity contribution is 7.27. The van der Waals surface area contributed by atoms with Gasteiger partial charge in [-0.1, -0.05) is 115 Å². The summed E-state index contributed by atoms with van der Waals surface area (Å²) in [5.74, 6) is 0.682. The van der Waals surface area contributed by atoms with Crippen molar-refractivity contribution in [1.29, 1.82) is 0 Å². The number of benzene rings is 8. The molecule has 12 rings (SSSR count). The van der Waals surface area contributed by atoms with E-state index in [0.29, 0.717) is 5.95 Å². The number of rotatable bonds is 2. The van der Waals surface area contributed by atoms with Crippen LogP contribution in [0.25, 0.3) is 112 Å². The largest absolute Gasteiger partial charge is 0.278 e. The molecule has 0 aliphatic rings. The molecule has 0 atom stereocenters. The van der Waals surface area contributed by atoms with Gasteiger partial charge >= 0.3 is 0 Å². The Bertz CT molecular complexity index is 3420. The zero-order chi connectivity index (χ0) is 33.2. The molecule has 0 fully saturated rings. The molecule has 0 bridgehead atoms. The fourth-order valence-electron chi connectivity index (χ4n) is 8.39. The van der Waals surface area contributed by atoms with E-state index in [1.807, 2.05) is 22.7 Å². The summed E-state index contributed by atoms with van der Waals surface area (Å²) in [4.78, 5) is 10.8. The monoisotopic (exact) mass is 683 g/mol. The van der Waals surface area contributed by atoms with Gasteiger partial charge in [0.05, 0.1) is 22.2 Å². The van der Waals surface area contributed by atoms with Crippen LogP contribution in [0.5, 0.6) is 0 Å².